The van der Waals surface area contributed by atoms with E-state index in [4.69, 9.17) is 11.6 Å². The van der Waals surface area contributed by atoms with Gasteiger partial charge in [0.1, 0.15) is 0 Å². The molecule has 2 heterocycles. The summed E-state index contributed by atoms with van der Waals surface area (Å²) in [6.07, 6.45) is 5.69. The zero-order valence-corrected chi connectivity index (χ0v) is 18.3. The number of carbonyl (C=O) groups excluding carboxylic acids is 1. The number of aromatic nitrogens is 2. The van der Waals surface area contributed by atoms with Crippen LogP contribution in [0.15, 0.2) is 28.6 Å². The van der Waals surface area contributed by atoms with Crippen LogP contribution >= 0.6 is 22.9 Å². The molecule has 1 aliphatic rings. The second-order valence-corrected chi connectivity index (χ2v) is 10.1. The maximum atomic E-state index is 12.4. The number of anilines is 1. The Morgan fingerprint density at radius 3 is 2.59 bits per heavy atom. The Kier molecular flexibility index (Phi) is 7.96. The third-order valence-electron chi connectivity index (χ3n) is 4.62. The average Bonchev–Trinajstić information content (AvgIpc) is 3.01. The van der Waals surface area contributed by atoms with Crippen LogP contribution < -0.4 is 10.0 Å². The van der Waals surface area contributed by atoms with Crippen LogP contribution in [0.4, 0.5) is 5.13 Å². The van der Waals surface area contributed by atoms with Crippen LogP contribution in [0.3, 0.4) is 0 Å². The minimum Gasteiger partial charge on any atom is -0.303 e. The molecule has 29 heavy (non-hydrogen) atoms. The summed E-state index contributed by atoms with van der Waals surface area (Å²) >= 11 is 6.80. The summed E-state index contributed by atoms with van der Waals surface area (Å²) in [5.74, 6) is -0.471. The predicted octanol–water partition coefficient (Wildman–Crippen LogP) is 2.99. The Balaban J connectivity index is 1.50. The molecule has 1 aromatic carbocycles. The van der Waals surface area contributed by atoms with Gasteiger partial charge in [0.2, 0.25) is 9.47 Å². The second kappa shape index (κ2) is 10.4. The van der Waals surface area contributed by atoms with Gasteiger partial charge in [0.05, 0.1) is 10.6 Å². The highest BCUT2D eigenvalue weighted by Crippen LogP contribution is 2.22. The number of hydrogen-bond acceptors (Lipinski definition) is 7. The standard InChI is InChI=1S/C18H24ClN5O3S2/c19-15-9-4-3-8-14(15)16(25)21-17-22-23-18(28-17)29(26,27)20-10-7-13-24-11-5-1-2-6-12-24/h3-4,8-9,20H,1-2,5-7,10-13H2,(H,21,22,25). The molecule has 0 radical (unpaired) electrons. The molecule has 2 N–H and O–H groups in total. The normalized spacial score (nSPS) is 15.8. The predicted molar refractivity (Wildman–Crippen MR) is 114 cm³/mol. The molecule has 8 nitrogen and oxygen atoms in total. The maximum Gasteiger partial charge on any atom is 0.269 e. The van der Waals surface area contributed by atoms with Crippen molar-refractivity contribution in [2.45, 2.75) is 36.4 Å². The fourth-order valence-corrected chi connectivity index (χ4v) is 5.34. The number of sulfonamides is 1. The molecule has 1 aromatic heterocycles. The maximum absolute atomic E-state index is 12.4. The Morgan fingerprint density at radius 1 is 1.14 bits per heavy atom. The molecule has 158 valence electrons. The van der Waals surface area contributed by atoms with Gasteiger partial charge in [0, 0.05) is 6.54 Å². The van der Waals surface area contributed by atoms with Crippen LogP contribution in [0.5, 0.6) is 0 Å². The Bertz CT molecular complexity index is 927. The van der Waals surface area contributed by atoms with E-state index >= 15 is 0 Å². The van der Waals surface area contributed by atoms with E-state index in [2.05, 4.69) is 25.1 Å². The van der Waals surface area contributed by atoms with Crippen LogP contribution in [0.25, 0.3) is 0 Å². The van der Waals surface area contributed by atoms with Gasteiger partial charge in [-0.15, -0.1) is 10.2 Å². The topological polar surface area (TPSA) is 104 Å². The number of halogens is 1. The molecule has 11 heteroatoms. The van der Waals surface area contributed by atoms with E-state index < -0.39 is 15.9 Å². The van der Waals surface area contributed by atoms with Crippen LogP contribution in [-0.2, 0) is 10.0 Å². The molecular weight excluding hydrogens is 434 g/mol. The van der Waals surface area contributed by atoms with Crippen LogP contribution in [0, 0.1) is 0 Å². The summed E-state index contributed by atoms with van der Waals surface area (Å²) in [6, 6.07) is 6.57. The van der Waals surface area contributed by atoms with Crippen LogP contribution in [0.2, 0.25) is 5.02 Å². The highest BCUT2D eigenvalue weighted by molar-refractivity contribution is 7.91. The molecule has 0 spiro atoms. The van der Waals surface area contributed by atoms with Crippen molar-refractivity contribution in [2.24, 2.45) is 0 Å². The largest absolute Gasteiger partial charge is 0.303 e. The lowest BCUT2D eigenvalue weighted by Gasteiger charge is -2.19. The van der Waals surface area contributed by atoms with Gasteiger partial charge in [0.25, 0.3) is 15.9 Å². The van der Waals surface area contributed by atoms with E-state index in [9.17, 15) is 13.2 Å². The first-order chi connectivity index (χ1) is 14.0. The minimum absolute atomic E-state index is 0.0971. The number of amides is 1. The molecule has 1 saturated heterocycles. The van der Waals surface area contributed by atoms with Crippen LogP contribution in [0.1, 0.15) is 42.5 Å². The van der Waals surface area contributed by atoms with Gasteiger partial charge in [-0.1, -0.05) is 47.9 Å². The monoisotopic (exact) mass is 457 g/mol. The third kappa shape index (κ3) is 6.45. The van der Waals surface area contributed by atoms with Crippen molar-refractivity contribution < 1.29 is 13.2 Å². The van der Waals surface area contributed by atoms with E-state index in [-0.39, 0.29) is 15.0 Å². The Labute approximate surface area is 179 Å². The molecule has 0 unspecified atom stereocenters. The highest BCUT2D eigenvalue weighted by atomic mass is 35.5. The zero-order valence-electron chi connectivity index (χ0n) is 15.9. The Hall–Kier alpha value is -1.59. The third-order valence-corrected chi connectivity index (χ3v) is 7.61. The number of hydrogen-bond donors (Lipinski definition) is 2. The lowest BCUT2D eigenvalue weighted by atomic mass is 10.2. The number of rotatable bonds is 8. The van der Waals surface area contributed by atoms with Gasteiger partial charge in [-0.25, -0.2) is 13.1 Å². The van der Waals surface area contributed by atoms with Crippen molar-refractivity contribution in [1.29, 1.82) is 0 Å². The van der Waals surface area contributed by atoms with Crippen molar-refractivity contribution in [3.05, 3.63) is 34.9 Å². The molecule has 1 amide bonds. The summed E-state index contributed by atoms with van der Waals surface area (Å²) in [6.45, 7) is 3.37. The Morgan fingerprint density at radius 2 is 1.86 bits per heavy atom. The molecule has 2 aromatic rings. The minimum atomic E-state index is -3.76. The second-order valence-electron chi connectivity index (χ2n) is 6.81. The summed E-state index contributed by atoms with van der Waals surface area (Å²) in [5, 5.41) is 10.4. The van der Waals surface area contributed by atoms with E-state index in [0.29, 0.717) is 11.6 Å². The van der Waals surface area contributed by atoms with Gasteiger partial charge in [0.15, 0.2) is 0 Å². The summed E-state index contributed by atoms with van der Waals surface area (Å²) in [5.41, 5.74) is 0.278. The summed E-state index contributed by atoms with van der Waals surface area (Å²) in [7, 11) is -3.76. The highest BCUT2D eigenvalue weighted by Gasteiger charge is 2.21. The summed E-state index contributed by atoms with van der Waals surface area (Å²) < 4.78 is 27.2. The van der Waals surface area contributed by atoms with Crippen molar-refractivity contribution in [1.82, 2.24) is 19.8 Å². The number of nitrogens with zero attached hydrogens (tertiary/aromatic N) is 3. The molecule has 1 aliphatic heterocycles. The fraction of sp³-hybridized carbons (Fsp3) is 0.500. The van der Waals surface area contributed by atoms with Gasteiger partial charge in [-0.05, 0) is 51.0 Å². The summed E-state index contributed by atoms with van der Waals surface area (Å²) in [4.78, 5) is 14.6. The van der Waals surface area contributed by atoms with E-state index in [1.165, 1.54) is 25.7 Å². The van der Waals surface area contributed by atoms with E-state index in [1.54, 1.807) is 24.3 Å². The molecule has 0 aliphatic carbocycles. The SMILES string of the molecule is O=C(Nc1nnc(S(=O)(=O)NCCCN2CCCCCC2)s1)c1ccccc1Cl. The molecule has 0 saturated carbocycles. The average molecular weight is 458 g/mol. The van der Waals surface area contributed by atoms with Gasteiger partial charge in [-0.3, -0.25) is 10.1 Å². The first kappa shape index (κ1) is 22.1. The van der Waals surface area contributed by atoms with Crippen molar-refractivity contribution in [3.8, 4) is 0 Å². The number of carbonyl (C=O) groups is 1. The molecule has 0 atom stereocenters. The lowest BCUT2D eigenvalue weighted by Crippen LogP contribution is -2.30. The van der Waals surface area contributed by atoms with Crippen LogP contribution in [-0.4, -0.2) is 55.6 Å². The first-order valence-corrected chi connectivity index (χ1v) is 12.2. The van der Waals surface area contributed by atoms with Crippen molar-refractivity contribution in [3.63, 3.8) is 0 Å². The molecular formula is C18H24ClN5O3S2. The fourth-order valence-electron chi connectivity index (χ4n) is 3.11. The van der Waals surface area contributed by atoms with Crippen molar-refractivity contribution in [2.75, 3.05) is 31.5 Å². The molecule has 0 bridgehead atoms. The van der Waals surface area contributed by atoms with Gasteiger partial charge >= 0.3 is 0 Å². The number of likely N-dealkylation sites (tertiary alicyclic amines) is 1. The molecule has 1 fully saturated rings. The molecule has 3 rings (SSSR count). The lowest BCUT2D eigenvalue weighted by molar-refractivity contribution is 0.102. The van der Waals surface area contributed by atoms with Crippen molar-refractivity contribution >= 4 is 44.0 Å². The van der Waals surface area contributed by atoms with Gasteiger partial charge in [-0.2, -0.15) is 0 Å². The first-order valence-electron chi connectivity index (χ1n) is 9.57. The number of nitrogens with one attached hydrogen (secondary N) is 2. The van der Waals surface area contributed by atoms with E-state index in [1.807, 2.05) is 0 Å². The quantitative estimate of drug-likeness (QED) is 0.466. The van der Waals surface area contributed by atoms with E-state index in [0.717, 1.165) is 37.4 Å². The van der Waals surface area contributed by atoms with Gasteiger partial charge < -0.3 is 4.90 Å². The zero-order chi connectivity index (χ0) is 20.7. The number of benzene rings is 1. The smallest absolute Gasteiger partial charge is 0.269 e.